The largest absolute Gasteiger partial charge is 0.264 e. The summed E-state index contributed by atoms with van der Waals surface area (Å²) in [4.78, 5) is 3.87. The van der Waals surface area contributed by atoms with Gasteiger partial charge in [-0.05, 0) is 42.7 Å². The Morgan fingerprint density at radius 3 is 2.64 bits per heavy atom. The number of nitrogens with zero attached hydrogens (tertiary/aromatic N) is 3. The van der Waals surface area contributed by atoms with E-state index in [1.54, 1.807) is 24.5 Å². The summed E-state index contributed by atoms with van der Waals surface area (Å²) in [5, 5.41) is 0. The third-order valence-corrected chi connectivity index (χ3v) is 7.83. The maximum absolute atomic E-state index is 13.5. The van der Waals surface area contributed by atoms with Crippen molar-refractivity contribution in [3.63, 3.8) is 0 Å². The van der Waals surface area contributed by atoms with Crippen LogP contribution in [0.3, 0.4) is 0 Å². The molecular formula is C18H22FN3O4S2. The highest BCUT2D eigenvalue weighted by Crippen LogP contribution is 2.26. The molecule has 0 spiro atoms. The van der Waals surface area contributed by atoms with Crippen LogP contribution in [-0.2, 0) is 26.6 Å². The second-order valence-electron chi connectivity index (χ2n) is 6.79. The lowest BCUT2D eigenvalue weighted by molar-refractivity contribution is 0.206. The van der Waals surface area contributed by atoms with Crippen LogP contribution in [0.5, 0.6) is 0 Å². The first kappa shape index (κ1) is 20.8. The van der Waals surface area contributed by atoms with Crippen LogP contribution in [0.1, 0.15) is 18.4 Å². The summed E-state index contributed by atoms with van der Waals surface area (Å²) in [6.07, 6.45) is 5.36. The molecule has 0 bridgehead atoms. The number of piperidine rings is 1. The highest BCUT2D eigenvalue weighted by Gasteiger charge is 2.36. The Kier molecular flexibility index (Phi) is 6.13. The van der Waals surface area contributed by atoms with E-state index in [9.17, 15) is 21.2 Å². The lowest BCUT2D eigenvalue weighted by atomic mass is 10.1. The van der Waals surface area contributed by atoms with Crippen LogP contribution in [0.25, 0.3) is 0 Å². The number of benzene rings is 1. The van der Waals surface area contributed by atoms with Gasteiger partial charge in [0.05, 0.1) is 11.2 Å². The van der Waals surface area contributed by atoms with Crippen molar-refractivity contribution in [3.8, 4) is 0 Å². The molecule has 0 radical (unpaired) electrons. The first-order valence-electron chi connectivity index (χ1n) is 8.79. The van der Waals surface area contributed by atoms with E-state index in [1.165, 1.54) is 26.8 Å². The maximum Gasteiger partial charge on any atom is 0.243 e. The van der Waals surface area contributed by atoms with Crippen LogP contribution in [-0.4, -0.2) is 55.8 Å². The zero-order valence-electron chi connectivity index (χ0n) is 15.4. The molecule has 0 amide bonds. The van der Waals surface area contributed by atoms with Gasteiger partial charge in [0, 0.05) is 38.1 Å². The lowest BCUT2D eigenvalue weighted by Gasteiger charge is -2.37. The quantitative estimate of drug-likeness (QED) is 0.702. The molecule has 1 fully saturated rings. The van der Waals surface area contributed by atoms with Gasteiger partial charge in [0.15, 0.2) is 0 Å². The minimum atomic E-state index is -3.91. The molecule has 1 aliphatic heterocycles. The molecule has 1 aromatic carbocycles. The molecule has 2 aromatic rings. The molecule has 0 aliphatic carbocycles. The number of rotatable bonds is 6. The van der Waals surface area contributed by atoms with Crippen LogP contribution < -0.4 is 0 Å². The zero-order valence-corrected chi connectivity index (χ0v) is 17.0. The van der Waals surface area contributed by atoms with E-state index in [1.807, 2.05) is 0 Å². The Bertz CT molecular complexity index is 1030. The molecule has 3 rings (SSSR count). The molecule has 0 saturated carbocycles. The summed E-state index contributed by atoms with van der Waals surface area (Å²) < 4.78 is 66.6. The van der Waals surface area contributed by atoms with Crippen LogP contribution >= 0.6 is 0 Å². The average Bonchev–Trinajstić information content (AvgIpc) is 2.66. The van der Waals surface area contributed by atoms with Crippen molar-refractivity contribution in [2.75, 3.05) is 19.3 Å². The molecule has 10 heteroatoms. The van der Waals surface area contributed by atoms with Crippen LogP contribution in [0.4, 0.5) is 4.39 Å². The molecule has 28 heavy (non-hydrogen) atoms. The molecule has 1 aliphatic rings. The summed E-state index contributed by atoms with van der Waals surface area (Å²) in [6.45, 7) is 0.400. The number of aromatic nitrogens is 1. The Morgan fingerprint density at radius 1 is 1.21 bits per heavy atom. The van der Waals surface area contributed by atoms with E-state index in [2.05, 4.69) is 4.98 Å². The monoisotopic (exact) mass is 427 g/mol. The first-order chi connectivity index (χ1) is 13.2. The van der Waals surface area contributed by atoms with E-state index in [0.29, 0.717) is 12.8 Å². The summed E-state index contributed by atoms with van der Waals surface area (Å²) in [7, 11) is -7.49. The van der Waals surface area contributed by atoms with Gasteiger partial charge in [-0.3, -0.25) is 4.98 Å². The number of hydrogen-bond donors (Lipinski definition) is 0. The summed E-state index contributed by atoms with van der Waals surface area (Å²) in [5.41, 5.74) is 0.720. The van der Waals surface area contributed by atoms with Gasteiger partial charge in [-0.2, -0.15) is 8.61 Å². The molecule has 1 atom stereocenters. The maximum atomic E-state index is 13.5. The Balaban J connectivity index is 1.86. The van der Waals surface area contributed by atoms with Gasteiger partial charge < -0.3 is 0 Å². The number of sulfonamides is 2. The van der Waals surface area contributed by atoms with Gasteiger partial charge in [0.2, 0.25) is 20.0 Å². The molecule has 1 saturated heterocycles. The third-order valence-electron chi connectivity index (χ3n) is 4.69. The van der Waals surface area contributed by atoms with Crippen LogP contribution in [0, 0.1) is 5.82 Å². The molecule has 1 unspecified atom stereocenters. The van der Waals surface area contributed by atoms with Crippen molar-refractivity contribution in [3.05, 3.63) is 60.2 Å². The molecule has 1 aromatic heterocycles. The fourth-order valence-electron chi connectivity index (χ4n) is 3.34. The minimum Gasteiger partial charge on any atom is -0.264 e. The Hall–Kier alpha value is -1.88. The fourth-order valence-corrected chi connectivity index (χ4v) is 5.98. The van der Waals surface area contributed by atoms with Gasteiger partial charge in [-0.15, -0.1) is 0 Å². The summed E-state index contributed by atoms with van der Waals surface area (Å²) in [5.74, 6) is -0.635. The molecule has 2 heterocycles. The fraction of sp³-hybridized carbons (Fsp3) is 0.389. The Morgan fingerprint density at radius 2 is 2.00 bits per heavy atom. The normalized spacial score (nSPS) is 19.0. The average molecular weight is 428 g/mol. The topological polar surface area (TPSA) is 87.7 Å². The number of hydrogen-bond acceptors (Lipinski definition) is 5. The number of halogens is 1. The molecular weight excluding hydrogens is 405 g/mol. The van der Waals surface area contributed by atoms with Gasteiger partial charge in [0.1, 0.15) is 5.82 Å². The van der Waals surface area contributed by atoms with Crippen molar-refractivity contribution in [1.82, 2.24) is 13.6 Å². The summed E-state index contributed by atoms with van der Waals surface area (Å²) in [6, 6.07) is 7.82. The van der Waals surface area contributed by atoms with Crippen LogP contribution in [0.2, 0.25) is 0 Å². The van der Waals surface area contributed by atoms with E-state index in [-0.39, 0.29) is 24.5 Å². The van der Waals surface area contributed by atoms with E-state index in [4.69, 9.17) is 0 Å². The highest BCUT2D eigenvalue weighted by molar-refractivity contribution is 7.89. The first-order valence-corrected chi connectivity index (χ1v) is 12.1. The second-order valence-corrected chi connectivity index (χ2v) is 10.7. The Labute approximate surface area is 164 Å². The number of pyridine rings is 1. The smallest absolute Gasteiger partial charge is 0.243 e. The standard InChI is InChI=1S/C18H22FN3O4S2/c1-27(23,24)22(13-15-5-3-9-20-12-15)17-7-4-10-21(14-17)28(25,26)18-8-2-6-16(19)11-18/h2-3,5-6,8-9,11-12,17H,4,7,10,13-14H2,1H3. The van der Waals surface area contributed by atoms with Crippen molar-refractivity contribution >= 4 is 20.0 Å². The van der Waals surface area contributed by atoms with E-state index >= 15 is 0 Å². The second kappa shape index (κ2) is 8.24. The van der Waals surface area contributed by atoms with Crippen LogP contribution in [0.15, 0.2) is 53.7 Å². The zero-order chi connectivity index (χ0) is 20.4. The van der Waals surface area contributed by atoms with Crippen molar-refractivity contribution in [2.24, 2.45) is 0 Å². The van der Waals surface area contributed by atoms with E-state index < -0.39 is 31.9 Å². The lowest BCUT2D eigenvalue weighted by Crippen LogP contribution is -2.51. The minimum absolute atomic E-state index is 0.0200. The van der Waals surface area contributed by atoms with Crippen molar-refractivity contribution in [1.29, 1.82) is 0 Å². The predicted octanol–water partition coefficient (Wildman–Crippen LogP) is 1.84. The summed E-state index contributed by atoms with van der Waals surface area (Å²) >= 11 is 0. The molecule has 7 nitrogen and oxygen atoms in total. The van der Waals surface area contributed by atoms with E-state index in [0.717, 1.165) is 17.9 Å². The highest BCUT2D eigenvalue weighted by atomic mass is 32.2. The van der Waals surface area contributed by atoms with Gasteiger partial charge in [-0.1, -0.05) is 12.1 Å². The van der Waals surface area contributed by atoms with Crippen molar-refractivity contribution < 1.29 is 21.2 Å². The van der Waals surface area contributed by atoms with Gasteiger partial charge in [-0.25, -0.2) is 21.2 Å². The van der Waals surface area contributed by atoms with Gasteiger partial charge >= 0.3 is 0 Å². The SMILES string of the molecule is CS(=O)(=O)N(Cc1cccnc1)C1CCCN(S(=O)(=O)c2cccc(F)c2)C1. The van der Waals surface area contributed by atoms with Gasteiger partial charge in [0.25, 0.3) is 0 Å². The predicted molar refractivity (Wildman–Crippen MR) is 103 cm³/mol. The van der Waals surface area contributed by atoms with Crippen molar-refractivity contribution in [2.45, 2.75) is 30.3 Å². The molecule has 0 N–H and O–H groups in total. The molecule has 152 valence electrons. The third kappa shape index (κ3) is 4.75.